The van der Waals surface area contributed by atoms with Crippen molar-refractivity contribution in [1.82, 2.24) is 14.5 Å². The Kier molecular flexibility index (Phi) is 5.91. The van der Waals surface area contributed by atoms with Gasteiger partial charge >= 0.3 is 0 Å². The first-order valence-electron chi connectivity index (χ1n) is 11.0. The molecule has 0 radical (unpaired) electrons. The van der Waals surface area contributed by atoms with Crippen molar-refractivity contribution in [3.05, 3.63) is 59.4 Å². The van der Waals surface area contributed by atoms with Gasteiger partial charge in [0.1, 0.15) is 5.82 Å². The number of piperidine rings is 1. The van der Waals surface area contributed by atoms with E-state index >= 15 is 0 Å². The lowest BCUT2D eigenvalue weighted by atomic mass is 9.95. The van der Waals surface area contributed by atoms with Gasteiger partial charge in [0, 0.05) is 17.6 Å². The summed E-state index contributed by atoms with van der Waals surface area (Å²) in [6.45, 7) is 11.2. The molecule has 0 atom stereocenters. The molecule has 1 aromatic heterocycles. The number of carbonyl (C=O) groups is 1. The molecule has 1 aliphatic rings. The summed E-state index contributed by atoms with van der Waals surface area (Å²) < 4.78 is 2.34. The SMILES string of the molecule is Cc1ccc(C)c(NC(=O)C2CCN(Cc3nc4ccccc4n3C(C)C)CC2)c1. The van der Waals surface area contributed by atoms with E-state index in [0.717, 1.165) is 55.1 Å². The molecule has 1 amide bonds. The lowest BCUT2D eigenvalue weighted by Gasteiger charge is -2.31. The molecule has 30 heavy (non-hydrogen) atoms. The van der Waals surface area contributed by atoms with Crippen molar-refractivity contribution >= 4 is 22.6 Å². The Labute approximate surface area is 179 Å². The van der Waals surface area contributed by atoms with Gasteiger partial charge in [-0.05, 0) is 83.0 Å². The van der Waals surface area contributed by atoms with Crippen molar-refractivity contribution in [1.29, 1.82) is 0 Å². The van der Waals surface area contributed by atoms with E-state index in [9.17, 15) is 4.79 Å². The van der Waals surface area contributed by atoms with Gasteiger partial charge < -0.3 is 9.88 Å². The van der Waals surface area contributed by atoms with Crippen molar-refractivity contribution in [2.75, 3.05) is 18.4 Å². The van der Waals surface area contributed by atoms with Gasteiger partial charge in [-0.3, -0.25) is 9.69 Å². The summed E-state index contributed by atoms with van der Waals surface area (Å²) in [5, 5.41) is 3.15. The summed E-state index contributed by atoms with van der Waals surface area (Å²) in [7, 11) is 0. The Morgan fingerprint density at radius 2 is 1.87 bits per heavy atom. The quantitative estimate of drug-likeness (QED) is 0.645. The zero-order valence-electron chi connectivity index (χ0n) is 18.5. The fourth-order valence-electron chi connectivity index (χ4n) is 4.44. The predicted molar refractivity (Wildman–Crippen MR) is 123 cm³/mol. The second-order valence-electron chi connectivity index (χ2n) is 8.84. The first-order chi connectivity index (χ1) is 14.4. The van der Waals surface area contributed by atoms with Crippen molar-refractivity contribution in [3.63, 3.8) is 0 Å². The van der Waals surface area contributed by atoms with Gasteiger partial charge in [0.25, 0.3) is 0 Å². The molecule has 1 saturated heterocycles. The molecular weight excluding hydrogens is 372 g/mol. The molecule has 158 valence electrons. The molecular formula is C25H32N4O. The summed E-state index contributed by atoms with van der Waals surface area (Å²) in [6.07, 6.45) is 1.78. The van der Waals surface area contributed by atoms with Crippen molar-refractivity contribution < 1.29 is 4.79 Å². The van der Waals surface area contributed by atoms with Crippen LogP contribution in [0.4, 0.5) is 5.69 Å². The number of para-hydroxylation sites is 2. The number of nitrogens with zero attached hydrogens (tertiary/aromatic N) is 3. The van der Waals surface area contributed by atoms with Crippen LogP contribution in [0, 0.1) is 19.8 Å². The molecule has 3 aromatic rings. The molecule has 0 saturated carbocycles. The third-order valence-corrected chi connectivity index (χ3v) is 6.16. The number of benzene rings is 2. The maximum Gasteiger partial charge on any atom is 0.227 e. The zero-order chi connectivity index (χ0) is 21.3. The highest BCUT2D eigenvalue weighted by molar-refractivity contribution is 5.93. The third kappa shape index (κ3) is 4.26. The lowest BCUT2D eigenvalue weighted by Crippen LogP contribution is -2.38. The van der Waals surface area contributed by atoms with Crippen molar-refractivity contribution in [2.45, 2.75) is 53.1 Å². The number of likely N-dealkylation sites (tertiary alicyclic amines) is 1. The molecule has 0 spiro atoms. The number of carbonyl (C=O) groups excluding carboxylic acids is 1. The number of amides is 1. The Hall–Kier alpha value is -2.66. The highest BCUT2D eigenvalue weighted by Gasteiger charge is 2.26. The van der Waals surface area contributed by atoms with E-state index in [1.54, 1.807) is 0 Å². The fraction of sp³-hybridized carbons (Fsp3) is 0.440. The minimum Gasteiger partial charge on any atom is -0.326 e. The summed E-state index contributed by atoms with van der Waals surface area (Å²) >= 11 is 0. The maximum absolute atomic E-state index is 12.8. The Morgan fingerprint density at radius 3 is 2.60 bits per heavy atom. The number of hydrogen-bond donors (Lipinski definition) is 1. The number of aryl methyl sites for hydroxylation is 2. The minimum absolute atomic E-state index is 0.0741. The molecule has 4 rings (SSSR count). The largest absolute Gasteiger partial charge is 0.326 e. The van der Waals surface area contributed by atoms with E-state index in [4.69, 9.17) is 4.98 Å². The second-order valence-corrected chi connectivity index (χ2v) is 8.84. The minimum atomic E-state index is 0.0741. The monoisotopic (exact) mass is 404 g/mol. The van der Waals surface area contributed by atoms with Crippen LogP contribution in [0.25, 0.3) is 11.0 Å². The highest BCUT2D eigenvalue weighted by Crippen LogP contribution is 2.25. The second kappa shape index (κ2) is 8.60. The fourth-order valence-corrected chi connectivity index (χ4v) is 4.44. The van der Waals surface area contributed by atoms with Gasteiger partial charge in [0.2, 0.25) is 5.91 Å². The Bertz CT molecular complexity index is 1040. The van der Waals surface area contributed by atoms with Crippen LogP contribution in [0.5, 0.6) is 0 Å². The number of imidazole rings is 1. The maximum atomic E-state index is 12.8. The van der Waals surface area contributed by atoms with E-state index in [2.05, 4.69) is 72.0 Å². The van der Waals surface area contributed by atoms with Crippen LogP contribution in [0.1, 0.15) is 49.7 Å². The van der Waals surface area contributed by atoms with Gasteiger partial charge in [-0.1, -0.05) is 24.3 Å². The average molecular weight is 405 g/mol. The van der Waals surface area contributed by atoms with Crippen molar-refractivity contribution in [3.8, 4) is 0 Å². The summed E-state index contributed by atoms with van der Waals surface area (Å²) in [5.74, 6) is 1.34. The summed E-state index contributed by atoms with van der Waals surface area (Å²) in [5.41, 5.74) is 5.47. The molecule has 2 aromatic carbocycles. The number of rotatable bonds is 5. The zero-order valence-corrected chi connectivity index (χ0v) is 18.5. The predicted octanol–water partition coefficient (Wildman–Crippen LogP) is 5.08. The van der Waals surface area contributed by atoms with E-state index in [1.165, 1.54) is 11.1 Å². The molecule has 5 nitrogen and oxygen atoms in total. The standard InChI is InChI=1S/C25H32N4O/c1-17(2)29-23-8-6-5-7-21(23)26-24(29)16-28-13-11-20(12-14-28)25(30)27-22-15-18(3)9-10-19(22)4/h5-10,15,17,20H,11-14,16H2,1-4H3,(H,27,30). The number of nitrogens with one attached hydrogen (secondary N) is 1. The number of aromatic nitrogens is 2. The number of fused-ring (bicyclic) bond motifs is 1. The molecule has 0 unspecified atom stereocenters. The number of anilines is 1. The van der Waals surface area contributed by atoms with Gasteiger partial charge in [-0.15, -0.1) is 0 Å². The first kappa shape index (κ1) is 20.6. The van der Waals surface area contributed by atoms with Gasteiger partial charge in [0.05, 0.1) is 17.6 Å². The topological polar surface area (TPSA) is 50.2 Å². The van der Waals surface area contributed by atoms with Crippen LogP contribution in [0.2, 0.25) is 0 Å². The summed E-state index contributed by atoms with van der Waals surface area (Å²) in [4.78, 5) is 20.1. The van der Waals surface area contributed by atoms with Gasteiger partial charge in [-0.25, -0.2) is 4.98 Å². The highest BCUT2D eigenvalue weighted by atomic mass is 16.1. The van der Waals surface area contributed by atoms with E-state index in [-0.39, 0.29) is 11.8 Å². The Balaban J connectivity index is 1.39. The number of hydrogen-bond acceptors (Lipinski definition) is 3. The van der Waals surface area contributed by atoms with Crippen molar-refractivity contribution in [2.24, 2.45) is 5.92 Å². The van der Waals surface area contributed by atoms with E-state index < -0.39 is 0 Å². The van der Waals surface area contributed by atoms with Crippen LogP contribution in [-0.4, -0.2) is 33.4 Å². The molecule has 1 fully saturated rings. The lowest BCUT2D eigenvalue weighted by molar-refractivity contribution is -0.121. The van der Waals surface area contributed by atoms with E-state index in [1.807, 2.05) is 13.0 Å². The average Bonchev–Trinajstić information content (AvgIpc) is 3.09. The van der Waals surface area contributed by atoms with E-state index in [0.29, 0.717) is 6.04 Å². The smallest absolute Gasteiger partial charge is 0.227 e. The van der Waals surface area contributed by atoms with Crippen LogP contribution >= 0.6 is 0 Å². The van der Waals surface area contributed by atoms with Gasteiger partial charge in [0.15, 0.2) is 0 Å². The summed E-state index contributed by atoms with van der Waals surface area (Å²) in [6, 6.07) is 14.9. The molecule has 5 heteroatoms. The van der Waals surface area contributed by atoms with Gasteiger partial charge in [-0.2, -0.15) is 0 Å². The van der Waals surface area contributed by atoms with Crippen LogP contribution in [-0.2, 0) is 11.3 Å². The third-order valence-electron chi connectivity index (χ3n) is 6.16. The Morgan fingerprint density at radius 1 is 1.13 bits per heavy atom. The molecule has 2 heterocycles. The molecule has 0 aliphatic carbocycles. The molecule has 0 bridgehead atoms. The first-order valence-corrected chi connectivity index (χ1v) is 11.0. The van der Waals surface area contributed by atoms with Crippen LogP contribution in [0.3, 0.4) is 0 Å². The molecule has 1 aliphatic heterocycles. The van der Waals surface area contributed by atoms with Crippen LogP contribution in [0.15, 0.2) is 42.5 Å². The van der Waals surface area contributed by atoms with Crippen LogP contribution < -0.4 is 5.32 Å². The molecule has 1 N–H and O–H groups in total. The normalized spacial score (nSPS) is 15.8.